The number of rotatable bonds is 10. The third kappa shape index (κ3) is 8.24. The van der Waals surface area contributed by atoms with Crippen LogP contribution in [0.25, 0.3) is 120 Å². The summed E-state index contributed by atoms with van der Waals surface area (Å²) in [5.74, 6) is 3.31. The van der Waals surface area contributed by atoms with E-state index in [0.717, 1.165) is 94.9 Å². The van der Waals surface area contributed by atoms with E-state index in [-0.39, 0.29) is 17.9 Å². The van der Waals surface area contributed by atoms with Crippen LogP contribution in [-0.2, 0) is 0 Å². The van der Waals surface area contributed by atoms with E-state index in [1.807, 2.05) is 23.5 Å². The van der Waals surface area contributed by atoms with E-state index >= 15 is 0 Å². The van der Waals surface area contributed by atoms with Gasteiger partial charge in [0.25, 0.3) is 0 Å². The Morgan fingerprint density at radius 1 is 0.512 bits per heavy atom. The fraction of sp³-hybridized carbons (Fsp3) is 0.101. The van der Waals surface area contributed by atoms with Crippen LogP contribution in [0.1, 0.15) is 65.8 Å². The molecule has 0 radical (unpaired) electrons. The number of fused-ring (bicyclic) bond motifs is 12. The molecule has 0 saturated heterocycles. The van der Waals surface area contributed by atoms with Gasteiger partial charge in [0.05, 0.1) is 11.0 Å². The van der Waals surface area contributed by atoms with Crippen molar-refractivity contribution in [2.24, 2.45) is 5.92 Å². The summed E-state index contributed by atoms with van der Waals surface area (Å²) in [6.45, 7) is 4.67. The molecule has 0 saturated carbocycles. The zero-order valence-corrected chi connectivity index (χ0v) is 48.3. The van der Waals surface area contributed by atoms with Crippen molar-refractivity contribution in [1.29, 1.82) is 0 Å². The summed E-state index contributed by atoms with van der Waals surface area (Å²) in [5.41, 5.74) is 17.7. The molecule has 0 amide bonds. The minimum Gasteiger partial charge on any atom is -0.485 e. The molecule has 0 N–H and O–H groups in total. The number of furan rings is 1. The van der Waals surface area contributed by atoms with Gasteiger partial charge in [0.15, 0.2) is 11.6 Å². The summed E-state index contributed by atoms with van der Waals surface area (Å²) in [4.78, 5) is 16.4. The van der Waals surface area contributed by atoms with Crippen molar-refractivity contribution in [2.45, 2.75) is 44.1 Å². The van der Waals surface area contributed by atoms with E-state index in [2.05, 4.69) is 267 Å². The van der Waals surface area contributed by atoms with Gasteiger partial charge < -0.3 is 9.15 Å². The van der Waals surface area contributed by atoms with Crippen molar-refractivity contribution in [3.05, 3.63) is 289 Å². The Labute approximate surface area is 502 Å². The van der Waals surface area contributed by atoms with E-state index in [1.165, 1.54) is 48.0 Å². The first-order valence-electron chi connectivity index (χ1n) is 29.9. The van der Waals surface area contributed by atoms with Gasteiger partial charge in [0.2, 0.25) is 5.95 Å². The predicted molar refractivity (Wildman–Crippen MR) is 356 cm³/mol. The van der Waals surface area contributed by atoms with Gasteiger partial charge in [0, 0.05) is 76.2 Å². The topological polar surface area (TPSA) is 66.0 Å². The van der Waals surface area contributed by atoms with Crippen molar-refractivity contribution >= 4 is 80.8 Å². The molecule has 5 unspecified atom stereocenters. The van der Waals surface area contributed by atoms with Crippen molar-refractivity contribution in [3.8, 4) is 56.7 Å². The van der Waals surface area contributed by atoms with Crippen LogP contribution in [0.15, 0.2) is 265 Å². The molecule has 17 rings (SSSR count). The van der Waals surface area contributed by atoms with Gasteiger partial charge in [0.1, 0.15) is 23.0 Å². The normalized spacial score (nSPS) is 17.4. The number of hydrogen-bond donors (Lipinski definition) is 0. The van der Waals surface area contributed by atoms with Crippen LogP contribution < -0.4 is 4.74 Å². The fourth-order valence-electron chi connectivity index (χ4n) is 14.1. The molecule has 4 aromatic heterocycles. The summed E-state index contributed by atoms with van der Waals surface area (Å²) in [7, 11) is 0. The zero-order chi connectivity index (χ0) is 57.0. The van der Waals surface area contributed by atoms with Gasteiger partial charge in [-0.25, -0.2) is 4.98 Å². The van der Waals surface area contributed by atoms with Gasteiger partial charge in [-0.3, -0.25) is 4.57 Å². The first-order chi connectivity index (χ1) is 42.5. The van der Waals surface area contributed by atoms with E-state index in [0.29, 0.717) is 29.4 Å². The van der Waals surface area contributed by atoms with Crippen LogP contribution in [0, 0.1) is 5.92 Å². The highest BCUT2D eigenvalue weighted by Crippen LogP contribution is 2.50. The van der Waals surface area contributed by atoms with Crippen LogP contribution in [0.3, 0.4) is 0 Å². The zero-order valence-electron chi connectivity index (χ0n) is 47.4. The van der Waals surface area contributed by atoms with E-state index in [1.54, 1.807) is 0 Å². The highest BCUT2D eigenvalue weighted by atomic mass is 32.1. The van der Waals surface area contributed by atoms with E-state index in [9.17, 15) is 0 Å². The molecule has 14 aromatic rings. The maximum absolute atomic E-state index is 6.88. The molecule has 5 atom stereocenters. The molecule has 3 aliphatic rings. The molecular formula is C79H56N4O2S. The van der Waals surface area contributed by atoms with Crippen LogP contribution in [0.5, 0.6) is 5.75 Å². The molecule has 0 bridgehead atoms. The van der Waals surface area contributed by atoms with Crippen molar-refractivity contribution in [2.75, 3.05) is 0 Å². The second-order valence-electron chi connectivity index (χ2n) is 23.2. The lowest BCUT2D eigenvalue weighted by atomic mass is 9.76. The Morgan fingerprint density at radius 2 is 1.24 bits per heavy atom. The van der Waals surface area contributed by atoms with Gasteiger partial charge in [-0.1, -0.05) is 208 Å². The lowest BCUT2D eigenvalue weighted by Crippen LogP contribution is -2.17. The number of nitrogens with zero attached hydrogens (tertiary/aromatic N) is 4. The molecule has 7 heteroatoms. The minimum absolute atomic E-state index is 0.113. The Bertz CT molecular complexity index is 5200. The molecule has 0 spiro atoms. The third-order valence-corrected chi connectivity index (χ3v) is 19.4. The van der Waals surface area contributed by atoms with Crippen molar-refractivity contribution in [1.82, 2.24) is 19.5 Å². The maximum atomic E-state index is 6.88. The number of allylic oxidation sites excluding steroid dienone is 6. The number of hydrogen-bond acceptors (Lipinski definition) is 6. The molecule has 86 heavy (non-hydrogen) atoms. The summed E-state index contributed by atoms with van der Waals surface area (Å²) in [6, 6.07) is 78.8. The molecular weight excluding hydrogens is 1070 g/mol. The highest BCUT2D eigenvalue weighted by molar-refractivity contribution is 7.26. The summed E-state index contributed by atoms with van der Waals surface area (Å²) in [6.07, 6.45) is 16.9. The molecule has 6 nitrogen and oxygen atoms in total. The lowest BCUT2D eigenvalue weighted by molar-refractivity contribution is 0.269. The van der Waals surface area contributed by atoms with Crippen LogP contribution >= 0.6 is 11.3 Å². The van der Waals surface area contributed by atoms with Gasteiger partial charge in [-0.05, 0) is 129 Å². The Kier molecular flexibility index (Phi) is 11.9. The molecule has 410 valence electrons. The second kappa shape index (κ2) is 20.3. The number of aromatic nitrogens is 4. The number of para-hydroxylation sites is 2. The highest BCUT2D eigenvalue weighted by Gasteiger charge is 2.37. The molecule has 5 heterocycles. The van der Waals surface area contributed by atoms with Crippen LogP contribution in [0.2, 0.25) is 0 Å². The van der Waals surface area contributed by atoms with Crippen molar-refractivity contribution < 1.29 is 9.15 Å². The van der Waals surface area contributed by atoms with Gasteiger partial charge in [-0.2, -0.15) is 9.97 Å². The molecule has 1 aliphatic heterocycles. The molecule has 0 fully saturated rings. The van der Waals surface area contributed by atoms with Gasteiger partial charge >= 0.3 is 0 Å². The first kappa shape index (κ1) is 50.3. The standard InChI is InChI=1S/C79H56N4O2S/c1-3-55(49-21-8-5-9-22-49)58-37-32-53(45-63(58)56-23-11-10-18-47(56)2)57-26-17-31-74-76(57)66-44-52(36-41-73(66)86-74)51-35-40-70-65(43-51)75-62(27-16-30-71(75)84-70)78-80-77(54-33-38-61-60-25-13-15-29-69(60)85-72(61)46-54)81-79(82-78)83-67-28-14-12-24-59(67)64-42-50(34-39-68(64)83)48-19-6-4-7-20-48/h4-47,55-56,65,70H,3H2,1-2H3. The summed E-state index contributed by atoms with van der Waals surface area (Å²) >= 11 is 1.87. The average molecular weight is 1130 g/mol. The first-order valence-corrected chi connectivity index (χ1v) is 30.8. The third-order valence-electron chi connectivity index (χ3n) is 18.3. The number of ether oxygens (including phenoxy) is 1. The second-order valence-corrected chi connectivity index (χ2v) is 24.3. The smallest absolute Gasteiger partial charge is 0.238 e. The monoisotopic (exact) mass is 1120 g/mol. The van der Waals surface area contributed by atoms with Crippen molar-refractivity contribution in [3.63, 3.8) is 0 Å². The summed E-state index contributed by atoms with van der Waals surface area (Å²) in [5, 5.41) is 6.92. The number of benzene rings is 10. The SMILES string of the molecule is CCC(c1ccccc1)c1ccc(-c2cccc3sc4ccc(C5=CC6c7c(cccc7-c7nc(-c8ccc9c(c8)oc8ccccc89)nc(-n8c9ccccc9c9cc(-c%10ccccc%10)ccc98)n7)OC6C=C5)cc4c23)cc1C1C=CC=CC1C. The van der Waals surface area contributed by atoms with Crippen LogP contribution in [0.4, 0.5) is 0 Å². The Hall–Kier alpha value is -10.2. The Morgan fingerprint density at radius 3 is 2.13 bits per heavy atom. The lowest BCUT2D eigenvalue weighted by Gasteiger charge is -2.28. The summed E-state index contributed by atoms with van der Waals surface area (Å²) < 4.78 is 18.1. The Balaban J connectivity index is 0.793. The minimum atomic E-state index is -0.205. The average Bonchev–Trinajstić information content (AvgIpc) is 2.31. The predicted octanol–water partition coefficient (Wildman–Crippen LogP) is 20.8. The largest absolute Gasteiger partial charge is 0.485 e. The number of thiophene rings is 1. The quantitative estimate of drug-likeness (QED) is 0.137. The van der Waals surface area contributed by atoms with E-state index < -0.39 is 0 Å². The fourth-order valence-corrected chi connectivity index (χ4v) is 15.3. The molecule has 10 aromatic carbocycles. The van der Waals surface area contributed by atoms with E-state index in [4.69, 9.17) is 24.1 Å². The maximum Gasteiger partial charge on any atom is 0.238 e. The van der Waals surface area contributed by atoms with Crippen LogP contribution in [-0.4, -0.2) is 25.6 Å². The molecule has 2 aliphatic carbocycles. The van der Waals surface area contributed by atoms with Gasteiger partial charge in [-0.15, -0.1) is 11.3 Å².